The fraction of sp³-hybridized carbons (Fsp3) is 0.538. The molecule has 1 saturated heterocycles. The van der Waals surface area contributed by atoms with E-state index in [-0.39, 0.29) is 0 Å². The molecule has 1 aliphatic heterocycles. The summed E-state index contributed by atoms with van der Waals surface area (Å²) in [4.78, 5) is 0. The Hall–Kier alpha value is -1.10. The first kappa shape index (κ1) is 12.4. The molecule has 1 aromatic rings. The van der Waals surface area contributed by atoms with Crippen LogP contribution in [-0.2, 0) is 11.3 Å². The topological polar surface area (TPSA) is 33.7 Å². The van der Waals surface area contributed by atoms with E-state index in [2.05, 4.69) is 29.5 Å². The molecule has 0 aromatic heterocycles. The van der Waals surface area contributed by atoms with E-state index in [0.29, 0.717) is 0 Å². The van der Waals surface area contributed by atoms with E-state index in [0.717, 1.165) is 38.6 Å². The van der Waals surface area contributed by atoms with E-state index in [9.17, 15) is 0 Å². The molecule has 1 aromatic carbocycles. The van der Waals surface area contributed by atoms with Gasteiger partial charge in [-0.2, -0.15) is 0 Å². The minimum absolute atomic E-state index is 0.814. The second kappa shape index (κ2) is 6.00. The Kier molecular flexibility index (Phi) is 4.36. The summed E-state index contributed by atoms with van der Waals surface area (Å²) in [5, 5.41) is 2.21. The first-order chi connectivity index (χ1) is 8.29. The number of hydrogen-bond acceptors (Lipinski definition) is 4. The number of benzene rings is 1. The van der Waals surface area contributed by atoms with Crippen molar-refractivity contribution in [2.45, 2.75) is 13.5 Å². The summed E-state index contributed by atoms with van der Waals surface area (Å²) >= 11 is 0. The van der Waals surface area contributed by atoms with Crippen molar-refractivity contribution in [1.82, 2.24) is 10.4 Å². The van der Waals surface area contributed by atoms with Crippen LogP contribution in [0.15, 0.2) is 18.2 Å². The van der Waals surface area contributed by atoms with E-state index < -0.39 is 0 Å². The molecule has 4 heteroatoms. The van der Waals surface area contributed by atoms with Gasteiger partial charge in [0, 0.05) is 19.6 Å². The number of hydrazine groups is 1. The van der Waals surface area contributed by atoms with Crippen LogP contribution in [0.3, 0.4) is 0 Å². The van der Waals surface area contributed by atoms with Gasteiger partial charge in [-0.15, -0.1) is 0 Å². The predicted octanol–water partition coefficient (Wildman–Crippen LogP) is 1.34. The van der Waals surface area contributed by atoms with Gasteiger partial charge in [-0.3, -0.25) is 5.43 Å². The molecule has 1 fully saturated rings. The number of rotatable bonds is 4. The highest BCUT2D eigenvalue weighted by molar-refractivity contribution is 5.36. The minimum Gasteiger partial charge on any atom is -0.496 e. The Labute approximate surface area is 102 Å². The fourth-order valence-electron chi connectivity index (χ4n) is 1.98. The number of nitrogens with zero attached hydrogens (tertiary/aromatic N) is 1. The van der Waals surface area contributed by atoms with Crippen LogP contribution in [0.2, 0.25) is 0 Å². The molecule has 0 amide bonds. The van der Waals surface area contributed by atoms with Crippen molar-refractivity contribution >= 4 is 0 Å². The van der Waals surface area contributed by atoms with Crippen LogP contribution in [0.4, 0.5) is 0 Å². The molecule has 0 saturated carbocycles. The molecular formula is C13H20N2O2. The van der Waals surface area contributed by atoms with Gasteiger partial charge in [-0.05, 0) is 24.1 Å². The summed E-state index contributed by atoms with van der Waals surface area (Å²) in [5.41, 5.74) is 5.86. The van der Waals surface area contributed by atoms with Gasteiger partial charge in [0.15, 0.2) is 0 Å². The fourth-order valence-corrected chi connectivity index (χ4v) is 1.98. The Morgan fingerprint density at radius 1 is 1.35 bits per heavy atom. The van der Waals surface area contributed by atoms with Crippen molar-refractivity contribution in [3.63, 3.8) is 0 Å². The number of methoxy groups -OCH3 is 1. The first-order valence-electron chi connectivity index (χ1n) is 5.99. The second-order valence-electron chi connectivity index (χ2n) is 4.24. The predicted molar refractivity (Wildman–Crippen MR) is 67.0 cm³/mol. The largest absolute Gasteiger partial charge is 0.496 e. The number of aryl methyl sites for hydroxylation is 1. The summed E-state index contributed by atoms with van der Waals surface area (Å²) in [6, 6.07) is 6.28. The minimum atomic E-state index is 0.814. The summed E-state index contributed by atoms with van der Waals surface area (Å²) in [6.07, 6.45) is 0. The number of nitrogens with one attached hydrogen (secondary N) is 1. The summed E-state index contributed by atoms with van der Waals surface area (Å²) in [7, 11) is 1.70. The van der Waals surface area contributed by atoms with Crippen molar-refractivity contribution in [2.24, 2.45) is 0 Å². The number of morpholine rings is 1. The third-order valence-electron chi connectivity index (χ3n) is 2.98. The second-order valence-corrected chi connectivity index (χ2v) is 4.24. The average Bonchev–Trinajstić information content (AvgIpc) is 2.38. The number of ether oxygens (including phenoxy) is 2. The zero-order chi connectivity index (χ0) is 12.1. The summed E-state index contributed by atoms with van der Waals surface area (Å²) in [5.74, 6) is 0.945. The van der Waals surface area contributed by atoms with Crippen LogP contribution >= 0.6 is 0 Å². The first-order valence-corrected chi connectivity index (χ1v) is 5.99. The van der Waals surface area contributed by atoms with Crippen LogP contribution in [0.5, 0.6) is 5.75 Å². The van der Waals surface area contributed by atoms with Crippen LogP contribution in [0.1, 0.15) is 11.1 Å². The lowest BCUT2D eigenvalue weighted by molar-refractivity contribution is 0.0106. The highest BCUT2D eigenvalue weighted by Crippen LogP contribution is 2.18. The quantitative estimate of drug-likeness (QED) is 0.855. The van der Waals surface area contributed by atoms with Crippen molar-refractivity contribution in [2.75, 3.05) is 33.4 Å². The Bertz CT molecular complexity index is 362. The van der Waals surface area contributed by atoms with Gasteiger partial charge in [-0.1, -0.05) is 12.1 Å². The molecule has 0 spiro atoms. The lowest BCUT2D eigenvalue weighted by atomic mass is 10.1. The molecule has 1 N–H and O–H groups in total. The third kappa shape index (κ3) is 3.43. The lowest BCUT2D eigenvalue weighted by Gasteiger charge is -2.27. The monoisotopic (exact) mass is 236 g/mol. The molecule has 0 aliphatic carbocycles. The molecule has 1 heterocycles. The smallest absolute Gasteiger partial charge is 0.121 e. The van der Waals surface area contributed by atoms with E-state index in [1.165, 1.54) is 11.1 Å². The van der Waals surface area contributed by atoms with E-state index in [4.69, 9.17) is 9.47 Å². The van der Waals surface area contributed by atoms with Crippen molar-refractivity contribution in [1.29, 1.82) is 0 Å². The zero-order valence-electron chi connectivity index (χ0n) is 10.5. The van der Waals surface area contributed by atoms with Gasteiger partial charge in [0.2, 0.25) is 0 Å². The summed E-state index contributed by atoms with van der Waals surface area (Å²) < 4.78 is 10.6. The number of hydrogen-bond donors (Lipinski definition) is 1. The molecule has 2 rings (SSSR count). The molecule has 0 atom stereocenters. The highest BCUT2D eigenvalue weighted by Gasteiger charge is 2.09. The molecule has 4 nitrogen and oxygen atoms in total. The Morgan fingerprint density at radius 3 is 2.76 bits per heavy atom. The average molecular weight is 236 g/mol. The molecular weight excluding hydrogens is 216 g/mol. The molecule has 94 valence electrons. The van der Waals surface area contributed by atoms with Crippen molar-refractivity contribution < 1.29 is 9.47 Å². The maximum Gasteiger partial charge on any atom is 0.121 e. The van der Waals surface area contributed by atoms with E-state index >= 15 is 0 Å². The Balaban J connectivity index is 1.87. The molecule has 0 radical (unpaired) electrons. The molecule has 1 aliphatic rings. The van der Waals surface area contributed by atoms with Crippen LogP contribution < -0.4 is 10.2 Å². The maximum absolute atomic E-state index is 5.30. The van der Waals surface area contributed by atoms with Gasteiger partial charge in [0.05, 0.1) is 20.3 Å². The lowest BCUT2D eigenvalue weighted by Crippen LogP contribution is -2.45. The normalized spacial score (nSPS) is 17.1. The van der Waals surface area contributed by atoms with Gasteiger partial charge < -0.3 is 9.47 Å². The van der Waals surface area contributed by atoms with Gasteiger partial charge in [-0.25, -0.2) is 5.01 Å². The van der Waals surface area contributed by atoms with Crippen LogP contribution in [-0.4, -0.2) is 38.4 Å². The van der Waals surface area contributed by atoms with Gasteiger partial charge in [0.1, 0.15) is 5.75 Å². The van der Waals surface area contributed by atoms with Gasteiger partial charge >= 0.3 is 0 Å². The van der Waals surface area contributed by atoms with E-state index in [1.807, 2.05) is 6.07 Å². The van der Waals surface area contributed by atoms with Gasteiger partial charge in [0.25, 0.3) is 0 Å². The standard InChI is InChI=1S/C13H20N2O2/c1-11-9-12(3-4-13(11)16-2)10-14-15-5-7-17-8-6-15/h3-4,9,14H,5-8,10H2,1-2H3. The van der Waals surface area contributed by atoms with E-state index in [1.54, 1.807) is 7.11 Å². The SMILES string of the molecule is COc1ccc(CNN2CCOCC2)cc1C. The van der Waals surface area contributed by atoms with Crippen LogP contribution in [0.25, 0.3) is 0 Å². The van der Waals surface area contributed by atoms with Crippen molar-refractivity contribution in [3.8, 4) is 5.75 Å². The van der Waals surface area contributed by atoms with Crippen molar-refractivity contribution in [3.05, 3.63) is 29.3 Å². The third-order valence-corrected chi connectivity index (χ3v) is 2.98. The molecule has 17 heavy (non-hydrogen) atoms. The molecule has 0 bridgehead atoms. The van der Waals surface area contributed by atoms with Crippen LogP contribution in [0, 0.1) is 6.92 Å². The highest BCUT2D eigenvalue weighted by atomic mass is 16.5. The summed E-state index contributed by atoms with van der Waals surface area (Å²) in [6.45, 7) is 6.45. The molecule has 0 unspecified atom stereocenters. The Morgan fingerprint density at radius 2 is 2.12 bits per heavy atom. The maximum atomic E-state index is 5.30. The zero-order valence-corrected chi connectivity index (χ0v) is 10.5.